The molecular weight excluding hydrogens is 205 g/mol. The minimum Gasteiger partial charge on any atom is -0.385 e. The minimum absolute atomic E-state index is 0.0518. The molecule has 0 unspecified atom stereocenters. The van der Waals surface area contributed by atoms with Crippen LogP contribution in [-0.2, 0) is 6.18 Å². The molecule has 1 rings (SSSR count). The molecule has 0 bridgehead atoms. The van der Waals surface area contributed by atoms with E-state index in [4.69, 9.17) is 5.26 Å². The van der Waals surface area contributed by atoms with Crippen molar-refractivity contribution in [2.75, 3.05) is 11.9 Å². The van der Waals surface area contributed by atoms with Gasteiger partial charge in [0.1, 0.15) is 0 Å². The standard InChI is InChI=1S/C10H9F3N2/c1-2-15-9-5-7(6-14)3-4-8(9)10(11,12)13/h3-5,15H,2H2,1H3. The highest BCUT2D eigenvalue weighted by Gasteiger charge is 2.33. The Bertz CT molecular complexity index is 391. The Morgan fingerprint density at radius 3 is 2.53 bits per heavy atom. The van der Waals surface area contributed by atoms with Crippen LogP contribution in [0.25, 0.3) is 0 Å². The minimum atomic E-state index is -4.40. The summed E-state index contributed by atoms with van der Waals surface area (Å²) in [5, 5.41) is 11.2. The molecule has 1 aromatic rings. The predicted molar refractivity (Wildman–Crippen MR) is 50.3 cm³/mol. The first kappa shape index (κ1) is 11.4. The van der Waals surface area contributed by atoms with Gasteiger partial charge in [0.2, 0.25) is 0 Å². The maximum atomic E-state index is 12.5. The van der Waals surface area contributed by atoms with Crippen LogP contribution in [0.1, 0.15) is 18.1 Å². The van der Waals surface area contributed by atoms with E-state index in [1.807, 2.05) is 0 Å². The Morgan fingerprint density at radius 1 is 1.40 bits per heavy atom. The molecule has 0 aliphatic rings. The van der Waals surface area contributed by atoms with Crippen LogP contribution in [0, 0.1) is 11.3 Å². The number of alkyl halides is 3. The first-order valence-corrected chi connectivity index (χ1v) is 4.34. The lowest BCUT2D eigenvalue weighted by molar-refractivity contribution is -0.136. The van der Waals surface area contributed by atoms with E-state index in [0.29, 0.717) is 6.54 Å². The second-order valence-electron chi connectivity index (χ2n) is 2.90. The van der Waals surface area contributed by atoms with Crippen LogP contribution in [0.15, 0.2) is 18.2 Å². The van der Waals surface area contributed by atoms with E-state index in [0.717, 1.165) is 12.1 Å². The predicted octanol–water partition coefficient (Wildman–Crippen LogP) is 3.01. The first-order valence-electron chi connectivity index (χ1n) is 4.34. The third-order valence-corrected chi connectivity index (χ3v) is 1.82. The average Bonchev–Trinajstić information content (AvgIpc) is 2.16. The van der Waals surface area contributed by atoms with Gasteiger partial charge in [-0.1, -0.05) is 0 Å². The molecule has 5 heteroatoms. The Hall–Kier alpha value is -1.70. The van der Waals surface area contributed by atoms with Crippen molar-refractivity contribution in [1.29, 1.82) is 5.26 Å². The number of halogens is 3. The molecule has 0 spiro atoms. The van der Waals surface area contributed by atoms with Crippen molar-refractivity contribution in [3.63, 3.8) is 0 Å². The fraction of sp³-hybridized carbons (Fsp3) is 0.300. The van der Waals surface area contributed by atoms with E-state index in [9.17, 15) is 13.2 Å². The van der Waals surface area contributed by atoms with Gasteiger partial charge in [0, 0.05) is 12.2 Å². The Kier molecular flexibility index (Phi) is 3.20. The van der Waals surface area contributed by atoms with Gasteiger partial charge in [-0.3, -0.25) is 0 Å². The van der Waals surface area contributed by atoms with E-state index in [2.05, 4.69) is 5.32 Å². The van der Waals surface area contributed by atoms with E-state index in [-0.39, 0.29) is 11.3 Å². The molecule has 80 valence electrons. The highest BCUT2D eigenvalue weighted by Crippen LogP contribution is 2.35. The number of hydrogen-bond donors (Lipinski definition) is 1. The highest BCUT2D eigenvalue weighted by atomic mass is 19.4. The number of nitriles is 1. The zero-order valence-electron chi connectivity index (χ0n) is 8.02. The van der Waals surface area contributed by atoms with Crippen LogP contribution in [0.3, 0.4) is 0 Å². The second-order valence-corrected chi connectivity index (χ2v) is 2.90. The largest absolute Gasteiger partial charge is 0.418 e. The summed E-state index contributed by atoms with van der Waals surface area (Å²) >= 11 is 0. The number of rotatable bonds is 2. The molecule has 0 heterocycles. The Labute approximate surface area is 85.3 Å². The molecule has 0 aromatic heterocycles. The number of anilines is 1. The summed E-state index contributed by atoms with van der Waals surface area (Å²) in [5.74, 6) is 0. The second kappa shape index (κ2) is 4.22. The number of nitrogens with zero attached hydrogens (tertiary/aromatic N) is 1. The van der Waals surface area contributed by atoms with Gasteiger partial charge in [-0.15, -0.1) is 0 Å². The molecule has 0 aliphatic carbocycles. The summed E-state index contributed by atoms with van der Waals surface area (Å²) in [6, 6.07) is 5.07. The maximum Gasteiger partial charge on any atom is 0.418 e. The molecule has 0 fully saturated rings. The zero-order valence-corrected chi connectivity index (χ0v) is 8.02. The first-order chi connectivity index (χ1) is 6.99. The van der Waals surface area contributed by atoms with Crippen molar-refractivity contribution >= 4 is 5.69 Å². The molecule has 2 nitrogen and oxygen atoms in total. The lowest BCUT2D eigenvalue weighted by atomic mass is 10.1. The maximum absolute atomic E-state index is 12.5. The van der Waals surface area contributed by atoms with E-state index < -0.39 is 11.7 Å². The van der Waals surface area contributed by atoms with Crippen LogP contribution in [0.2, 0.25) is 0 Å². The third-order valence-electron chi connectivity index (χ3n) is 1.82. The molecular formula is C10H9F3N2. The molecule has 0 atom stereocenters. The van der Waals surface area contributed by atoms with E-state index in [1.54, 1.807) is 13.0 Å². The molecule has 0 saturated carbocycles. The van der Waals surface area contributed by atoms with Crippen molar-refractivity contribution < 1.29 is 13.2 Å². The molecule has 15 heavy (non-hydrogen) atoms. The van der Waals surface area contributed by atoms with Crippen molar-refractivity contribution in [1.82, 2.24) is 0 Å². The summed E-state index contributed by atoms with van der Waals surface area (Å²) in [6.45, 7) is 2.07. The number of benzene rings is 1. The molecule has 0 aliphatic heterocycles. The van der Waals surface area contributed by atoms with Crippen LogP contribution in [0.4, 0.5) is 18.9 Å². The van der Waals surface area contributed by atoms with Gasteiger partial charge in [-0.25, -0.2) is 0 Å². The molecule has 0 radical (unpaired) electrons. The summed E-state index contributed by atoms with van der Waals surface area (Å²) in [7, 11) is 0. The van der Waals surface area contributed by atoms with Crippen molar-refractivity contribution in [2.24, 2.45) is 0 Å². The lowest BCUT2D eigenvalue weighted by Gasteiger charge is -2.13. The van der Waals surface area contributed by atoms with Crippen LogP contribution >= 0.6 is 0 Å². The summed E-state index contributed by atoms with van der Waals surface area (Å²) in [5.41, 5.74) is -0.591. The summed E-state index contributed by atoms with van der Waals surface area (Å²) < 4.78 is 37.5. The SMILES string of the molecule is CCNc1cc(C#N)ccc1C(F)(F)F. The van der Waals surface area contributed by atoms with Crippen LogP contribution in [-0.4, -0.2) is 6.54 Å². The Morgan fingerprint density at radius 2 is 2.07 bits per heavy atom. The van der Waals surface area contributed by atoms with Crippen molar-refractivity contribution in [3.8, 4) is 6.07 Å². The van der Waals surface area contributed by atoms with E-state index in [1.165, 1.54) is 6.07 Å². The van der Waals surface area contributed by atoms with Gasteiger partial charge in [0.05, 0.1) is 17.2 Å². The van der Waals surface area contributed by atoms with Gasteiger partial charge in [0.25, 0.3) is 0 Å². The third kappa shape index (κ3) is 2.62. The average molecular weight is 214 g/mol. The van der Waals surface area contributed by atoms with Crippen molar-refractivity contribution in [2.45, 2.75) is 13.1 Å². The van der Waals surface area contributed by atoms with Gasteiger partial charge in [-0.05, 0) is 25.1 Å². The smallest absolute Gasteiger partial charge is 0.385 e. The number of nitrogens with one attached hydrogen (secondary N) is 1. The molecule has 0 saturated heterocycles. The zero-order chi connectivity index (χ0) is 11.5. The summed E-state index contributed by atoms with van der Waals surface area (Å²) in [4.78, 5) is 0. The van der Waals surface area contributed by atoms with Gasteiger partial charge < -0.3 is 5.32 Å². The molecule has 0 amide bonds. The lowest BCUT2D eigenvalue weighted by Crippen LogP contribution is -2.10. The van der Waals surface area contributed by atoms with Crippen LogP contribution < -0.4 is 5.32 Å². The fourth-order valence-electron chi connectivity index (χ4n) is 1.20. The van der Waals surface area contributed by atoms with Gasteiger partial charge in [0.15, 0.2) is 0 Å². The summed E-state index contributed by atoms with van der Waals surface area (Å²) in [6.07, 6.45) is -4.40. The van der Waals surface area contributed by atoms with Crippen molar-refractivity contribution in [3.05, 3.63) is 29.3 Å². The number of hydrogen-bond acceptors (Lipinski definition) is 2. The molecule has 1 aromatic carbocycles. The fourth-order valence-corrected chi connectivity index (χ4v) is 1.20. The van der Waals surface area contributed by atoms with Gasteiger partial charge in [-0.2, -0.15) is 18.4 Å². The Balaban J connectivity index is 3.22. The highest BCUT2D eigenvalue weighted by molar-refractivity contribution is 5.56. The van der Waals surface area contributed by atoms with Crippen LogP contribution in [0.5, 0.6) is 0 Å². The molecule has 1 N–H and O–H groups in total. The quantitative estimate of drug-likeness (QED) is 0.821. The topological polar surface area (TPSA) is 35.8 Å². The van der Waals surface area contributed by atoms with Gasteiger partial charge >= 0.3 is 6.18 Å². The van der Waals surface area contributed by atoms with E-state index >= 15 is 0 Å². The monoisotopic (exact) mass is 214 g/mol. The normalized spacial score (nSPS) is 10.9.